The van der Waals surface area contributed by atoms with Crippen LogP contribution in [0, 0.1) is 0 Å². The summed E-state index contributed by atoms with van der Waals surface area (Å²) >= 11 is 3.39. The summed E-state index contributed by atoms with van der Waals surface area (Å²) in [7, 11) is 3.38. The number of hydrogen-bond acceptors (Lipinski definition) is 3. The fourth-order valence-corrected chi connectivity index (χ4v) is 2.70. The second-order valence-electron chi connectivity index (χ2n) is 5.72. The number of carbonyl (C=O) groups is 1. The van der Waals surface area contributed by atoms with Crippen LogP contribution in [0.5, 0.6) is 5.75 Å². The minimum atomic E-state index is -1.08. The predicted octanol–water partition coefficient (Wildman–Crippen LogP) is 3.29. The normalized spacial score (nSPS) is 13.3. The molecule has 1 atom stereocenters. The summed E-state index contributed by atoms with van der Waals surface area (Å²) in [5.74, 6) is 0.634. The van der Waals surface area contributed by atoms with Crippen molar-refractivity contribution in [3.63, 3.8) is 0 Å². The first kappa shape index (κ1) is 17.5. The van der Waals surface area contributed by atoms with E-state index in [1.807, 2.05) is 48.5 Å². The zero-order valence-corrected chi connectivity index (χ0v) is 15.1. The van der Waals surface area contributed by atoms with E-state index in [0.29, 0.717) is 6.54 Å². The fraction of sp³-hybridized carbons (Fsp3) is 0.278. The van der Waals surface area contributed by atoms with Gasteiger partial charge in [-0.1, -0.05) is 40.2 Å². The second-order valence-corrected chi connectivity index (χ2v) is 6.64. The van der Waals surface area contributed by atoms with E-state index in [0.717, 1.165) is 21.3 Å². The van der Waals surface area contributed by atoms with Crippen molar-refractivity contribution >= 4 is 21.8 Å². The van der Waals surface area contributed by atoms with Crippen LogP contribution >= 0.6 is 15.9 Å². The maximum atomic E-state index is 12.8. The minimum absolute atomic E-state index is 0.136. The van der Waals surface area contributed by atoms with Crippen molar-refractivity contribution < 1.29 is 9.53 Å². The lowest BCUT2D eigenvalue weighted by Crippen LogP contribution is -2.49. The largest absolute Gasteiger partial charge is 0.497 e. The van der Waals surface area contributed by atoms with Crippen LogP contribution in [0.15, 0.2) is 53.0 Å². The maximum absolute atomic E-state index is 12.8. The quantitative estimate of drug-likeness (QED) is 0.870. The first-order valence-electron chi connectivity index (χ1n) is 7.28. The molecule has 23 heavy (non-hydrogen) atoms. The van der Waals surface area contributed by atoms with Crippen molar-refractivity contribution in [2.45, 2.75) is 19.0 Å². The Morgan fingerprint density at radius 1 is 1.26 bits per heavy atom. The molecule has 0 aromatic heterocycles. The molecule has 2 aromatic carbocycles. The molecule has 5 heteroatoms. The second kappa shape index (κ2) is 7.15. The van der Waals surface area contributed by atoms with Crippen LogP contribution in [0.25, 0.3) is 0 Å². The van der Waals surface area contributed by atoms with Gasteiger partial charge in [0.1, 0.15) is 11.3 Å². The zero-order valence-electron chi connectivity index (χ0n) is 13.5. The molecule has 0 radical (unpaired) electrons. The SMILES string of the molecule is COc1cccc(CN(C)C(=O)C(C)(N)c2ccc(Br)cc2)c1. The predicted molar refractivity (Wildman–Crippen MR) is 95.1 cm³/mol. The highest BCUT2D eigenvalue weighted by molar-refractivity contribution is 9.10. The number of ether oxygens (including phenoxy) is 1. The molecule has 0 fully saturated rings. The molecule has 0 saturated heterocycles. The number of halogens is 1. The summed E-state index contributed by atoms with van der Waals surface area (Å²) in [6, 6.07) is 15.1. The van der Waals surface area contributed by atoms with Crippen LogP contribution < -0.4 is 10.5 Å². The standard InChI is InChI=1S/C18H21BrN2O2/c1-18(20,14-7-9-15(19)10-8-14)17(22)21(2)12-13-5-4-6-16(11-13)23-3/h4-11H,12,20H2,1-3H3. The number of amides is 1. The third-order valence-electron chi connectivity index (χ3n) is 3.79. The summed E-state index contributed by atoms with van der Waals surface area (Å²) in [6.07, 6.45) is 0. The molecule has 2 N–H and O–H groups in total. The third kappa shape index (κ3) is 4.12. The molecule has 1 unspecified atom stereocenters. The topological polar surface area (TPSA) is 55.6 Å². The van der Waals surface area contributed by atoms with Crippen LogP contribution in [0.4, 0.5) is 0 Å². The molecule has 0 aliphatic rings. The van der Waals surface area contributed by atoms with E-state index in [1.54, 1.807) is 26.0 Å². The number of likely N-dealkylation sites (N-methyl/N-ethyl adjacent to an activating group) is 1. The molecular formula is C18H21BrN2O2. The van der Waals surface area contributed by atoms with Crippen molar-refractivity contribution in [3.05, 3.63) is 64.1 Å². The Labute approximate surface area is 145 Å². The van der Waals surface area contributed by atoms with Gasteiger partial charge in [-0.15, -0.1) is 0 Å². The summed E-state index contributed by atoms with van der Waals surface area (Å²) in [6.45, 7) is 2.21. The van der Waals surface area contributed by atoms with Crippen LogP contribution in [-0.2, 0) is 16.9 Å². The van der Waals surface area contributed by atoms with Gasteiger partial charge in [-0.2, -0.15) is 0 Å². The van der Waals surface area contributed by atoms with Crippen molar-refractivity contribution in [1.29, 1.82) is 0 Å². The van der Waals surface area contributed by atoms with E-state index >= 15 is 0 Å². The van der Waals surface area contributed by atoms with Gasteiger partial charge in [0, 0.05) is 18.1 Å². The Bertz CT molecular complexity index is 684. The Morgan fingerprint density at radius 2 is 1.91 bits per heavy atom. The highest BCUT2D eigenvalue weighted by Crippen LogP contribution is 2.23. The molecule has 1 amide bonds. The van der Waals surface area contributed by atoms with E-state index in [2.05, 4.69) is 15.9 Å². The van der Waals surface area contributed by atoms with Crippen LogP contribution in [-0.4, -0.2) is 25.0 Å². The molecule has 4 nitrogen and oxygen atoms in total. The van der Waals surface area contributed by atoms with E-state index in [9.17, 15) is 4.79 Å². The number of nitrogens with two attached hydrogens (primary N) is 1. The molecule has 0 bridgehead atoms. The van der Waals surface area contributed by atoms with Gasteiger partial charge in [-0.05, 0) is 42.3 Å². The van der Waals surface area contributed by atoms with E-state index in [1.165, 1.54) is 0 Å². The zero-order chi connectivity index (χ0) is 17.0. The molecule has 2 aromatic rings. The first-order valence-corrected chi connectivity index (χ1v) is 8.07. The Kier molecular flexibility index (Phi) is 5.44. The lowest BCUT2D eigenvalue weighted by atomic mass is 9.91. The van der Waals surface area contributed by atoms with Crippen molar-refractivity contribution in [2.75, 3.05) is 14.2 Å². The van der Waals surface area contributed by atoms with Gasteiger partial charge >= 0.3 is 0 Å². The van der Waals surface area contributed by atoms with Gasteiger partial charge in [0.25, 0.3) is 0 Å². The van der Waals surface area contributed by atoms with Gasteiger partial charge in [-0.25, -0.2) is 0 Å². The maximum Gasteiger partial charge on any atom is 0.247 e. The molecule has 0 spiro atoms. The number of methoxy groups -OCH3 is 1. The van der Waals surface area contributed by atoms with Gasteiger partial charge in [0.15, 0.2) is 0 Å². The Balaban J connectivity index is 2.15. The van der Waals surface area contributed by atoms with Crippen molar-refractivity contribution in [1.82, 2.24) is 4.90 Å². The van der Waals surface area contributed by atoms with Crippen molar-refractivity contribution in [3.8, 4) is 5.75 Å². The third-order valence-corrected chi connectivity index (χ3v) is 4.32. The average molecular weight is 377 g/mol. The highest BCUT2D eigenvalue weighted by atomic mass is 79.9. The Hall–Kier alpha value is -1.85. The number of carbonyl (C=O) groups excluding carboxylic acids is 1. The smallest absolute Gasteiger partial charge is 0.247 e. The van der Waals surface area contributed by atoms with Crippen LogP contribution in [0.3, 0.4) is 0 Å². The summed E-state index contributed by atoms with van der Waals surface area (Å²) in [4.78, 5) is 14.4. The van der Waals surface area contributed by atoms with E-state index < -0.39 is 5.54 Å². The van der Waals surface area contributed by atoms with Gasteiger partial charge in [-0.3, -0.25) is 4.79 Å². The summed E-state index contributed by atoms with van der Waals surface area (Å²) in [5.41, 5.74) is 7.01. The summed E-state index contributed by atoms with van der Waals surface area (Å²) < 4.78 is 6.17. The van der Waals surface area contributed by atoms with Crippen molar-refractivity contribution in [2.24, 2.45) is 5.73 Å². The molecule has 2 rings (SSSR count). The molecule has 0 heterocycles. The molecule has 0 aliphatic carbocycles. The Morgan fingerprint density at radius 3 is 2.52 bits per heavy atom. The van der Waals surface area contributed by atoms with E-state index in [4.69, 9.17) is 10.5 Å². The lowest BCUT2D eigenvalue weighted by Gasteiger charge is -2.30. The van der Waals surface area contributed by atoms with Gasteiger partial charge in [0.2, 0.25) is 5.91 Å². The molecule has 122 valence electrons. The number of rotatable bonds is 5. The molecule has 0 aliphatic heterocycles. The van der Waals surface area contributed by atoms with Crippen LogP contribution in [0.1, 0.15) is 18.1 Å². The molecule has 0 saturated carbocycles. The minimum Gasteiger partial charge on any atom is -0.497 e. The highest BCUT2D eigenvalue weighted by Gasteiger charge is 2.33. The molecular weight excluding hydrogens is 356 g/mol. The monoisotopic (exact) mass is 376 g/mol. The lowest BCUT2D eigenvalue weighted by molar-refractivity contribution is -0.136. The summed E-state index contributed by atoms with van der Waals surface area (Å²) in [5, 5.41) is 0. The number of benzene rings is 2. The number of nitrogens with zero attached hydrogens (tertiary/aromatic N) is 1. The van der Waals surface area contributed by atoms with Crippen LogP contribution in [0.2, 0.25) is 0 Å². The number of hydrogen-bond donors (Lipinski definition) is 1. The van der Waals surface area contributed by atoms with Gasteiger partial charge < -0.3 is 15.4 Å². The first-order chi connectivity index (χ1) is 10.8. The van der Waals surface area contributed by atoms with E-state index in [-0.39, 0.29) is 5.91 Å². The average Bonchev–Trinajstić information content (AvgIpc) is 2.54. The fourth-order valence-electron chi connectivity index (χ4n) is 2.43. The van der Waals surface area contributed by atoms with Gasteiger partial charge in [0.05, 0.1) is 7.11 Å².